The highest BCUT2D eigenvalue weighted by Crippen LogP contribution is 2.24. The number of fused-ring (bicyclic) bond motifs is 1. The lowest BCUT2D eigenvalue weighted by Crippen LogP contribution is -2.36. The summed E-state index contributed by atoms with van der Waals surface area (Å²) in [6.45, 7) is 1.84. The Morgan fingerprint density at radius 3 is 2.85 bits per heavy atom. The van der Waals surface area contributed by atoms with E-state index in [1.165, 1.54) is 5.56 Å². The molecular weight excluding hydrogens is 364 g/mol. The van der Waals surface area contributed by atoms with Crippen molar-refractivity contribution in [2.45, 2.75) is 31.9 Å². The van der Waals surface area contributed by atoms with Crippen molar-refractivity contribution in [1.82, 2.24) is 4.90 Å². The Labute approximate surface area is 163 Å². The van der Waals surface area contributed by atoms with Gasteiger partial charge in [0.15, 0.2) is 0 Å². The van der Waals surface area contributed by atoms with Crippen LogP contribution in [0, 0.1) is 0 Å². The minimum atomic E-state index is -0.394. The highest BCUT2D eigenvalue weighted by Gasteiger charge is 2.25. The van der Waals surface area contributed by atoms with Gasteiger partial charge in [-0.05, 0) is 60.7 Å². The van der Waals surface area contributed by atoms with Crippen LogP contribution in [0.3, 0.4) is 0 Å². The molecule has 1 atom stereocenters. The Morgan fingerprint density at radius 1 is 1.15 bits per heavy atom. The van der Waals surface area contributed by atoms with Crippen molar-refractivity contribution in [1.29, 1.82) is 0 Å². The molecule has 1 saturated heterocycles. The molecule has 2 heterocycles. The maximum Gasteiger partial charge on any atom is 0.254 e. The van der Waals surface area contributed by atoms with E-state index in [1.54, 1.807) is 24.3 Å². The molecule has 1 unspecified atom stereocenters. The summed E-state index contributed by atoms with van der Waals surface area (Å²) >= 11 is 6.05. The van der Waals surface area contributed by atoms with E-state index in [-0.39, 0.29) is 11.8 Å². The average Bonchev–Trinajstić information content (AvgIpc) is 3.22. The Balaban J connectivity index is 1.46. The molecule has 27 heavy (non-hydrogen) atoms. The Kier molecular flexibility index (Phi) is 5.14. The monoisotopic (exact) mass is 384 g/mol. The van der Waals surface area contributed by atoms with Gasteiger partial charge in [0.1, 0.15) is 6.10 Å². The number of benzene rings is 2. The maximum atomic E-state index is 12.9. The number of carbonyl (C=O) groups excluding carboxylic acids is 2. The fourth-order valence-electron chi connectivity index (χ4n) is 3.61. The van der Waals surface area contributed by atoms with Gasteiger partial charge in [-0.15, -0.1) is 0 Å². The molecule has 0 aliphatic carbocycles. The van der Waals surface area contributed by atoms with E-state index >= 15 is 0 Å². The summed E-state index contributed by atoms with van der Waals surface area (Å²) in [6, 6.07) is 12.9. The molecule has 4 rings (SSSR count). The molecule has 1 fully saturated rings. The lowest BCUT2D eigenvalue weighted by Gasteiger charge is -2.29. The molecule has 0 aromatic heterocycles. The van der Waals surface area contributed by atoms with Gasteiger partial charge in [0, 0.05) is 36.0 Å². The van der Waals surface area contributed by atoms with Crippen LogP contribution in [-0.2, 0) is 22.5 Å². The van der Waals surface area contributed by atoms with Gasteiger partial charge in [0.2, 0.25) is 0 Å². The number of amides is 2. The molecule has 0 saturated carbocycles. The zero-order valence-corrected chi connectivity index (χ0v) is 15.7. The van der Waals surface area contributed by atoms with Crippen LogP contribution in [0.1, 0.15) is 34.3 Å². The summed E-state index contributed by atoms with van der Waals surface area (Å²) in [5.41, 5.74) is 3.51. The van der Waals surface area contributed by atoms with Gasteiger partial charge < -0.3 is 15.0 Å². The lowest BCUT2D eigenvalue weighted by molar-refractivity contribution is -0.124. The molecule has 1 N–H and O–H groups in total. The average molecular weight is 385 g/mol. The number of hydrogen-bond acceptors (Lipinski definition) is 3. The second-order valence-corrected chi connectivity index (χ2v) is 7.40. The van der Waals surface area contributed by atoms with E-state index in [1.807, 2.05) is 23.1 Å². The summed E-state index contributed by atoms with van der Waals surface area (Å²) in [5.74, 6) is -0.190. The number of anilines is 1. The molecule has 0 bridgehead atoms. The zero-order chi connectivity index (χ0) is 18.8. The quantitative estimate of drug-likeness (QED) is 0.878. The minimum absolute atomic E-state index is 0.0381. The lowest BCUT2D eigenvalue weighted by atomic mass is 9.99. The summed E-state index contributed by atoms with van der Waals surface area (Å²) in [4.78, 5) is 27.0. The van der Waals surface area contributed by atoms with Gasteiger partial charge in [-0.25, -0.2) is 0 Å². The van der Waals surface area contributed by atoms with E-state index in [0.29, 0.717) is 30.9 Å². The highest BCUT2D eigenvalue weighted by molar-refractivity contribution is 6.30. The molecule has 6 heteroatoms. The molecule has 2 aliphatic rings. The molecule has 5 nitrogen and oxygen atoms in total. The first-order valence-electron chi connectivity index (χ1n) is 9.19. The van der Waals surface area contributed by atoms with Crippen molar-refractivity contribution >= 4 is 29.1 Å². The number of hydrogen-bond donors (Lipinski definition) is 1. The van der Waals surface area contributed by atoms with Crippen molar-refractivity contribution < 1.29 is 14.3 Å². The third kappa shape index (κ3) is 3.99. The minimum Gasteiger partial charge on any atom is -0.368 e. The number of nitrogens with one attached hydrogen (secondary N) is 1. The number of nitrogens with zero attached hydrogens (tertiary/aromatic N) is 1. The zero-order valence-electron chi connectivity index (χ0n) is 14.9. The predicted molar refractivity (Wildman–Crippen MR) is 104 cm³/mol. The Bertz CT molecular complexity index is 877. The molecule has 2 aliphatic heterocycles. The molecule has 0 radical (unpaired) electrons. The smallest absolute Gasteiger partial charge is 0.254 e. The fraction of sp³-hybridized carbons (Fsp3) is 0.333. The molecule has 2 aromatic carbocycles. The first-order chi connectivity index (χ1) is 13.1. The van der Waals surface area contributed by atoms with Gasteiger partial charge in [-0.1, -0.05) is 23.7 Å². The van der Waals surface area contributed by atoms with E-state index in [4.69, 9.17) is 16.3 Å². The third-order valence-corrected chi connectivity index (χ3v) is 5.30. The van der Waals surface area contributed by atoms with Crippen LogP contribution >= 0.6 is 11.6 Å². The van der Waals surface area contributed by atoms with Crippen molar-refractivity contribution in [2.24, 2.45) is 0 Å². The largest absolute Gasteiger partial charge is 0.368 e. The van der Waals surface area contributed by atoms with Gasteiger partial charge in [0.25, 0.3) is 11.8 Å². The number of ether oxygens (including phenoxy) is 1. The standard InChI is InChI=1S/C21H21ClN2O3/c22-17-7-6-16-13-24(9-8-14(16)11-17)21(26)15-3-1-4-18(12-15)23-20(25)19-5-2-10-27-19/h1,3-4,6-7,11-12,19H,2,5,8-10,13H2,(H,23,25). The third-order valence-electron chi connectivity index (χ3n) is 5.07. The normalized spacial score (nSPS) is 18.9. The van der Waals surface area contributed by atoms with Crippen molar-refractivity contribution in [3.8, 4) is 0 Å². The molecule has 2 aromatic rings. The van der Waals surface area contributed by atoms with Crippen molar-refractivity contribution in [3.63, 3.8) is 0 Å². The summed E-state index contributed by atoms with van der Waals surface area (Å²) in [5, 5.41) is 3.58. The Morgan fingerprint density at radius 2 is 2.04 bits per heavy atom. The van der Waals surface area contributed by atoms with Crippen LogP contribution in [0.15, 0.2) is 42.5 Å². The van der Waals surface area contributed by atoms with Crippen LogP contribution in [0.25, 0.3) is 0 Å². The van der Waals surface area contributed by atoms with E-state index in [0.717, 1.165) is 29.8 Å². The first kappa shape index (κ1) is 18.0. The van der Waals surface area contributed by atoms with Crippen LogP contribution in [0.5, 0.6) is 0 Å². The van der Waals surface area contributed by atoms with Gasteiger partial charge in [-0.2, -0.15) is 0 Å². The van der Waals surface area contributed by atoms with Gasteiger partial charge in [-0.3, -0.25) is 9.59 Å². The maximum absolute atomic E-state index is 12.9. The SMILES string of the molecule is O=C(Nc1cccc(C(=O)N2CCc3cc(Cl)ccc3C2)c1)C1CCCO1. The topological polar surface area (TPSA) is 58.6 Å². The summed E-state index contributed by atoms with van der Waals surface area (Å²) in [6.07, 6.45) is 2.03. The second-order valence-electron chi connectivity index (χ2n) is 6.96. The summed E-state index contributed by atoms with van der Waals surface area (Å²) < 4.78 is 5.40. The van der Waals surface area contributed by atoms with E-state index in [9.17, 15) is 9.59 Å². The number of rotatable bonds is 3. The van der Waals surface area contributed by atoms with E-state index in [2.05, 4.69) is 5.32 Å². The van der Waals surface area contributed by atoms with Crippen LogP contribution in [0.2, 0.25) is 5.02 Å². The van der Waals surface area contributed by atoms with E-state index < -0.39 is 6.10 Å². The molecule has 2 amide bonds. The first-order valence-corrected chi connectivity index (χ1v) is 9.57. The predicted octanol–water partition coefficient (Wildman–Crippen LogP) is 3.66. The second kappa shape index (κ2) is 7.71. The molecule has 140 valence electrons. The van der Waals surface area contributed by atoms with Crippen LogP contribution < -0.4 is 5.32 Å². The van der Waals surface area contributed by atoms with Crippen molar-refractivity contribution in [2.75, 3.05) is 18.5 Å². The Hall–Kier alpha value is -2.37. The number of carbonyl (C=O) groups is 2. The van der Waals surface area contributed by atoms with Crippen molar-refractivity contribution in [3.05, 3.63) is 64.2 Å². The van der Waals surface area contributed by atoms with Gasteiger partial charge >= 0.3 is 0 Å². The highest BCUT2D eigenvalue weighted by atomic mass is 35.5. The van der Waals surface area contributed by atoms with Crippen LogP contribution in [0.4, 0.5) is 5.69 Å². The molecular formula is C21H21ClN2O3. The van der Waals surface area contributed by atoms with Gasteiger partial charge in [0.05, 0.1) is 0 Å². The summed E-state index contributed by atoms with van der Waals surface area (Å²) in [7, 11) is 0. The molecule has 0 spiro atoms. The number of halogens is 1. The van der Waals surface area contributed by atoms with Crippen LogP contribution in [-0.4, -0.2) is 36.0 Å². The fourth-order valence-corrected chi connectivity index (χ4v) is 3.81.